The number of nitro benzene ring substituents is 1. The van der Waals surface area contributed by atoms with Gasteiger partial charge >= 0.3 is 5.97 Å². The second kappa shape index (κ2) is 7.03. The molecule has 0 saturated carbocycles. The van der Waals surface area contributed by atoms with Crippen molar-refractivity contribution in [2.24, 2.45) is 5.92 Å². The maximum Gasteiger partial charge on any atom is 0.328 e. The number of ether oxygens (including phenoxy) is 1. The van der Waals surface area contributed by atoms with Gasteiger partial charge < -0.3 is 10.1 Å². The van der Waals surface area contributed by atoms with E-state index in [9.17, 15) is 19.7 Å². The van der Waals surface area contributed by atoms with Crippen LogP contribution < -0.4 is 5.32 Å². The molecule has 0 bridgehead atoms. The highest BCUT2D eigenvalue weighted by molar-refractivity contribution is 6.33. The zero-order valence-electron chi connectivity index (χ0n) is 11.8. The lowest BCUT2D eigenvalue weighted by atomic mass is 10.0. The Labute approximate surface area is 126 Å². The minimum absolute atomic E-state index is 0.125. The van der Waals surface area contributed by atoms with Crippen LogP contribution in [0.4, 0.5) is 5.69 Å². The highest BCUT2D eigenvalue weighted by Gasteiger charge is 2.26. The Morgan fingerprint density at radius 3 is 2.43 bits per heavy atom. The number of carbonyl (C=O) groups excluding carboxylic acids is 2. The van der Waals surface area contributed by atoms with Crippen molar-refractivity contribution in [1.29, 1.82) is 0 Å². The van der Waals surface area contributed by atoms with E-state index in [2.05, 4.69) is 10.1 Å². The second-order valence-corrected chi connectivity index (χ2v) is 5.05. The summed E-state index contributed by atoms with van der Waals surface area (Å²) >= 11 is 5.74. The first-order valence-electron chi connectivity index (χ1n) is 6.10. The smallest absolute Gasteiger partial charge is 0.328 e. The van der Waals surface area contributed by atoms with Crippen LogP contribution in [0, 0.1) is 16.0 Å². The summed E-state index contributed by atoms with van der Waals surface area (Å²) < 4.78 is 4.62. The van der Waals surface area contributed by atoms with E-state index < -0.39 is 22.8 Å². The molecule has 1 rings (SSSR count). The molecule has 0 aliphatic heterocycles. The number of benzene rings is 1. The van der Waals surface area contributed by atoms with Gasteiger partial charge in [-0.25, -0.2) is 4.79 Å². The quantitative estimate of drug-likeness (QED) is 0.510. The van der Waals surface area contributed by atoms with Crippen LogP contribution in [-0.2, 0) is 9.53 Å². The van der Waals surface area contributed by atoms with Crippen LogP contribution in [0.15, 0.2) is 18.2 Å². The Hall–Kier alpha value is -2.15. The van der Waals surface area contributed by atoms with E-state index in [1.54, 1.807) is 13.8 Å². The van der Waals surface area contributed by atoms with Crippen molar-refractivity contribution in [2.45, 2.75) is 19.9 Å². The Kier molecular flexibility index (Phi) is 5.66. The molecule has 8 heteroatoms. The summed E-state index contributed by atoms with van der Waals surface area (Å²) in [6.07, 6.45) is 0. The maximum atomic E-state index is 12.1. The standard InChI is InChI=1S/C13H15ClN2O5/c1-7(2)11(13(18)21-3)15-12(17)8-4-5-10(16(19)20)9(14)6-8/h4-7,11H,1-3H3,(H,15,17)/t11-/m0/s1. The lowest BCUT2D eigenvalue weighted by molar-refractivity contribution is -0.384. The van der Waals surface area contributed by atoms with Gasteiger partial charge in [0.1, 0.15) is 11.1 Å². The van der Waals surface area contributed by atoms with Crippen molar-refractivity contribution < 1.29 is 19.2 Å². The number of hydrogen-bond donors (Lipinski definition) is 1. The molecule has 1 aromatic rings. The number of rotatable bonds is 5. The van der Waals surface area contributed by atoms with Crippen LogP contribution in [0.3, 0.4) is 0 Å². The molecule has 0 radical (unpaired) electrons. The molecule has 1 amide bonds. The predicted octanol–water partition coefficient (Wildman–Crippen LogP) is 2.18. The van der Waals surface area contributed by atoms with Gasteiger partial charge in [-0.1, -0.05) is 25.4 Å². The number of methoxy groups -OCH3 is 1. The fourth-order valence-electron chi connectivity index (χ4n) is 1.65. The Balaban J connectivity index is 2.96. The molecule has 1 aromatic carbocycles. The minimum atomic E-state index is -0.809. The number of amides is 1. The molecule has 0 aromatic heterocycles. The summed E-state index contributed by atoms with van der Waals surface area (Å²) in [4.78, 5) is 33.7. The third-order valence-electron chi connectivity index (χ3n) is 2.81. The summed E-state index contributed by atoms with van der Waals surface area (Å²) in [5.74, 6) is -1.29. The van der Waals surface area contributed by atoms with Crippen molar-refractivity contribution in [3.8, 4) is 0 Å². The van der Waals surface area contributed by atoms with E-state index in [1.807, 2.05) is 0 Å². The van der Waals surface area contributed by atoms with E-state index in [4.69, 9.17) is 11.6 Å². The first-order chi connectivity index (χ1) is 9.77. The van der Waals surface area contributed by atoms with Gasteiger partial charge in [0.2, 0.25) is 0 Å². The predicted molar refractivity (Wildman–Crippen MR) is 76.2 cm³/mol. The van der Waals surface area contributed by atoms with Crippen molar-refractivity contribution in [3.63, 3.8) is 0 Å². The molecule has 0 spiro atoms. The Bertz CT molecular complexity index is 574. The van der Waals surface area contributed by atoms with Gasteiger partial charge in [0, 0.05) is 11.6 Å². The lowest BCUT2D eigenvalue weighted by Crippen LogP contribution is -2.45. The third-order valence-corrected chi connectivity index (χ3v) is 3.12. The summed E-state index contributed by atoms with van der Waals surface area (Å²) in [6.45, 7) is 3.51. The van der Waals surface area contributed by atoms with Crippen LogP contribution in [0.25, 0.3) is 0 Å². The highest BCUT2D eigenvalue weighted by Crippen LogP contribution is 2.25. The second-order valence-electron chi connectivity index (χ2n) is 4.64. The van der Waals surface area contributed by atoms with E-state index in [0.29, 0.717) is 0 Å². The fourth-order valence-corrected chi connectivity index (χ4v) is 1.90. The van der Waals surface area contributed by atoms with Crippen molar-refractivity contribution in [1.82, 2.24) is 5.32 Å². The van der Waals surface area contributed by atoms with Gasteiger partial charge in [0.05, 0.1) is 12.0 Å². The number of esters is 1. The molecule has 0 unspecified atom stereocenters. The average Bonchev–Trinajstić information content (AvgIpc) is 2.42. The average molecular weight is 315 g/mol. The molecule has 0 aliphatic rings. The van der Waals surface area contributed by atoms with Crippen molar-refractivity contribution in [2.75, 3.05) is 7.11 Å². The fraction of sp³-hybridized carbons (Fsp3) is 0.385. The molecule has 21 heavy (non-hydrogen) atoms. The van der Waals surface area contributed by atoms with E-state index in [1.165, 1.54) is 19.2 Å². The topological polar surface area (TPSA) is 98.5 Å². The minimum Gasteiger partial charge on any atom is -0.467 e. The first kappa shape index (κ1) is 16.9. The number of nitrogens with one attached hydrogen (secondary N) is 1. The van der Waals surface area contributed by atoms with Crippen LogP contribution in [0.1, 0.15) is 24.2 Å². The number of hydrogen-bond acceptors (Lipinski definition) is 5. The van der Waals surface area contributed by atoms with Crippen molar-refractivity contribution in [3.05, 3.63) is 38.9 Å². The van der Waals surface area contributed by atoms with Gasteiger partial charge in [0.15, 0.2) is 0 Å². The van der Waals surface area contributed by atoms with E-state index in [-0.39, 0.29) is 22.2 Å². The van der Waals surface area contributed by atoms with Crippen molar-refractivity contribution >= 4 is 29.2 Å². The molecule has 1 N–H and O–H groups in total. The highest BCUT2D eigenvalue weighted by atomic mass is 35.5. The summed E-state index contributed by atoms with van der Waals surface area (Å²) in [6, 6.07) is 2.79. The van der Waals surface area contributed by atoms with E-state index in [0.717, 1.165) is 6.07 Å². The number of nitro groups is 1. The molecule has 0 saturated heterocycles. The lowest BCUT2D eigenvalue weighted by Gasteiger charge is -2.19. The van der Waals surface area contributed by atoms with Crippen LogP contribution in [0.2, 0.25) is 5.02 Å². The van der Waals surface area contributed by atoms with Crippen LogP contribution >= 0.6 is 11.6 Å². The first-order valence-corrected chi connectivity index (χ1v) is 6.48. The van der Waals surface area contributed by atoms with Crippen LogP contribution in [0.5, 0.6) is 0 Å². The maximum absolute atomic E-state index is 12.1. The third kappa shape index (κ3) is 4.16. The van der Waals surface area contributed by atoms with Crippen LogP contribution in [-0.4, -0.2) is 30.0 Å². The Morgan fingerprint density at radius 1 is 1.38 bits per heavy atom. The number of halogens is 1. The SMILES string of the molecule is COC(=O)[C@@H](NC(=O)c1ccc([N+](=O)[O-])c(Cl)c1)C(C)C. The molecular formula is C13H15ClN2O5. The molecule has 0 fully saturated rings. The van der Waals surface area contributed by atoms with Gasteiger partial charge in [-0.05, 0) is 18.1 Å². The van der Waals surface area contributed by atoms with Gasteiger partial charge in [0.25, 0.3) is 11.6 Å². The largest absolute Gasteiger partial charge is 0.467 e. The number of nitrogens with zero attached hydrogens (tertiary/aromatic N) is 1. The summed E-state index contributed by atoms with van der Waals surface area (Å²) in [5, 5.41) is 13.0. The van der Waals surface area contributed by atoms with Gasteiger partial charge in [-0.2, -0.15) is 0 Å². The van der Waals surface area contributed by atoms with Gasteiger partial charge in [-0.3, -0.25) is 14.9 Å². The normalized spacial score (nSPS) is 11.9. The van der Waals surface area contributed by atoms with E-state index >= 15 is 0 Å². The molecule has 0 aliphatic carbocycles. The Morgan fingerprint density at radius 2 is 2.00 bits per heavy atom. The molecule has 1 atom stereocenters. The summed E-state index contributed by atoms with van der Waals surface area (Å²) in [5.41, 5.74) is -0.165. The molecule has 0 heterocycles. The van der Waals surface area contributed by atoms with Gasteiger partial charge in [-0.15, -0.1) is 0 Å². The number of carbonyl (C=O) groups is 2. The molecule has 7 nitrogen and oxygen atoms in total. The summed E-state index contributed by atoms with van der Waals surface area (Å²) in [7, 11) is 1.23. The monoisotopic (exact) mass is 314 g/mol. The zero-order chi connectivity index (χ0) is 16.2. The zero-order valence-corrected chi connectivity index (χ0v) is 12.5. The molecular weight excluding hydrogens is 300 g/mol. The molecule has 114 valence electrons.